The largest absolute Gasteiger partial charge is 0.492 e. The van der Waals surface area contributed by atoms with Gasteiger partial charge >= 0.3 is 5.97 Å². The van der Waals surface area contributed by atoms with E-state index in [4.69, 9.17) is 9.84 Å². The minimum atomic E-state index is -0.901. The van der Waals surface area contributed by atoms with Gasteiger partial charge in [0.15, 0.2) is 0 Å². The smallest absolute Gasteiger partial charge is 0.307 e. The van der Waals surface area contributed by atoms with Gasteiger partial charge in [-0.3, -0.25) is 9.59 Å². The lowest BCUT2D eigenvalue weighted by Crippen LogP contribution is -2.22. The standard InChI is InChI=1S/C19H19NO4/c1-11-6-15-16(10-24-17(15)7-12(11)2)19(23)20-14-5-3-4-13(8-14)9-18(21)22/h3-8,16H,9-10H2,1-2H3,(H,20,23)(H,21,22). The molecule has 0 radical (unpaired) electrons. The molecule has 0 spiro atoms. The van der Waals surface area contributed by atoms with E-state index < -0.39 is 5.97 Å². The number of rotatable bonds is 4. The van der Waals surface area contributed by atoms with Gasteiger partial charge in [0.2, 0.25) is 5.91 Å². The molecule has 1 aliphatic rings. The molecule has 0 aliphatic carbocycles. The molecule has 5 heteroatoms. The maximum atomic E-state index is 12.6. The van der Waals surface area contributed by atoms with Crippen LogP contribution in [0.3, 0.4) is 0 Å². The van der Waals surface area contributed by atoms with Crippen molar-refractivity contribution in [2.24, 2.45) is 0 Å². The van der Waals surface area contributed by atoms with Crippen molar-refractivity contribution in [3.05, 3.63) is 58.7 Å². The highest BCUT2D eigenvalue weighted by Gasteiger charge is 2.31. The van der Waals surface area contributed by atoms with E-state index in [1.54, 1.807) is 24.3 Å². The Hall–Kier alpha value is -2.82. The summed E-state index contributed by atoms with van der Waals surface area (Å²) in [7, 11) is 0. The first-order valence-electron chi connectivity index (χ1n) is 7.79. The number of carbonyl (C=O) groups excluding carboxylic acids is 1. The lowest BCUT2D eigenvalue weighted by Gasteiger charge is -2.12. The fourth-order valence-corrected chi connectivity index (χ4v) is 2.85. The minimum Gasteiger partial charge on any atom is -0.492 e. The molecule has 1 unspecified atom stereocenters. The van der Waals surface area contributed by atoms with Crippen molar-refractivity contribution in [1.82, 2.24) is 0 Å². The van der Waals surface area contributed by atoms with Crippen LogP contribution >= 0.6 is 0 Å². The first-order valence-corrected chi connectivity index (χ1v) is 7.79. The zero-order chi connectivity index (χ0) is 17.3. The molecular weight excluding hydrogens is 306 g/mol. The fraction of sp³-hybridized carbons (Fsp3) is 0.263. The molecular formula is C19H19NO4. The highest BCUT2D eigenvalue weighted by molar-refractivity contribution is 5.97. The Labute approximate surface area is 140 Å². The number of anilines is 1. The second-order valence-corrected chi connectivity index (χ2v) is 6.10. The quantitative estimate of drug-likeness (QED) is 0.906. The number of carboxylic acid groups (broad SMARTS) is 1. The van der Waals surface area contributed by atoms with Gasteiger partial charge in [-0.1, -0.05) is 18.2 Å². The van der Waals surface area contributed by atoms with Crippen LogP contribution in [0.2, 0.25) is 0 Å². The highest BCUT2D eigenvalue weighted by Crippen LogP contribution is 2.36. The van der Waals surface area contributed by atoms with Crippen LogP contribution in [-0.4, -0.2) is 23.6 Å². The third-order valence-corrected chi connectivity index (χ3v) is 4.27. The number of hydrogen-bond donors (Lipinski definition) is 2. The minimum absolute atomic E-state index is 0.0719. The van der Waals surface area contributed by atoms with Gasteiger partial charge in [0.05, 0.1) is 6.42 Å². The lowest BCUT2D eigenvalue weighted by atomic mass is 9.96. The predicted octanol–water partition coefficient (Wildman–Crippen LogP) is 3.05. The van der Waals surface area contributed by atoms with E-state index >= 15 is 0 Å². The summed E-state index contributed by atoms with van der Waals surface area (Å²) in [5.74, 6) is -0.646. The Morgan fingerprint density at radius 1 is 1.21 bits per heavy atom. The summed E-state index contributed by atoms with van der Waals surface area (Å²) in [6, 6.07) is 10.9. The lowest BCUT2D eigenvalue weighted by molar-refractivity contribution is -0.136. The van der Waals surface area contributed by atoms with E-state index in [1.165, 1.54) is 0 Å². The van der Waals surface area contributed by atoms with Gasteiger partial charge in [0.25, 0.3) is 0 Å². The van der Waals surface area contributed by atoms with Crippen molar-refractivity contribution < 1.29 is 19.4 Å². The molecule has 1 amide bonds. The summed E-state index contributed by atoms with van der Waals surface area (Å²) in [5, 5.41) is 11.7. The molecule has 0 bridgehead atoms. The Morgan fingerprint density at radius 3 is 2.71 bits per heavy atom. The third kappa shape index (κ3) is 3.25. The molecule has 2 aromatic rings. The normalized spacial score (nSPS) is 15.5. The molecule has 0 aromatic heterocycles. The van der Waals surface area contributed by atoms with Gasteiger partial charge in [-0.15, -0.1) is 0 Å². The van der Waals surface area contributed by atoms with E-state index in [2.05, 4.69) is 5.32 Å². The van der Waals surface area contributed by atoms with Crippen LogP contribution in [-0.2, 0) is 16.0 Å². The zero-order valence-electron chi connectivity index (χ0n) is 13.6. The maximum Gasteiger partial charge on any atom is 0.307 e. The summed E-state index contributed by atoms with van der Waals surface area (Å²) in [5.41, 5.74) is 4.40. The number of benzene rings is 2. The van der Waals surface area contributed by atoms with Crippen molar-refractivity contribution >= 4 is 17.6 Å². The van der Waals surface area contributed by atoms with E-state index in [1.807, 2.05) is 26.0 Å². The van der Waals surface area contributed by atoms with Gasteiger partial charge in [-0.05, 0) is 48.7 Å². The van der Waals surface area contributed by atoms with Crippen molar-refractivity contribution in [2.75, 3.05) is 11.9 Å². The summed E-state index contributed by atoms with van der Waals surface area (Å²) >= 11 is 0. The van der Waals surface area contributed by atoms with Crippen LogP contribution in [0.25, 0.3) is 0 Å². The number of fused-ring (bicyclic) bond motifs is 1. The average molecular weight is 325 g/mol. The molecule has 3 rings (SSSR count). The first-order chi connectivity index (χ1) is 11.4. The van der Waals surface area contributed by atoms with Crippen LogP contribution in [0.1, 0.15) is 28.2 Å². The number of hydrogen-bond acceptors (Lipinski definition) is 3. The molecule has 1 aliphatic heterocycles. The van der Waals surface area contributed by atoms with Gasteiger partial charge in [-0.2, -0.15) is 0 Å². The molecule has 124 valence electrons. The van der Waals surface area contributed by atoms with Crippen LogP contribution in [0, 0.1) is 13.8 Å². The Morgan fingerprint density at radius 2 is 1.96 bits per heavy atom. The number of amides is 1. The Bertz CT molecular complexity index is 813. The van der Waals surface area contributed by atoms with Crippen LogP contribution in [0.15, 0.2) is 36.4 Å². The molecule has 0 saturated carbocycles. The maximum absolute atomic E-state index is 12.6. The number of ether oxygens (including phenoxy) is 1. The second kappa shape index (κ2) is 6.35. The average Bonchev–Trinajstić information content (AvgIpc) is 2.90. The fourth-order valence-electron chi connectivity index (χ4n) is 2.85. The molecule has 5 nitrogen and oxygen atoms in total. The molecule has 2 aromatic carbocycles. The SMILES string of the molecule is Cc1cc2c(cc1C)C(C(=O)Nc1cccc(CC(=O)O)c1)CO2. The molecule has 1 atom stereocenters. The van der Waals surface area contributed by atoms with Crippen LogP contribution < -0.4 is 10.1 Å². The monoisotopic (exact) mass is 325 g/mol. The van der Waals surface area contributed by atoms with Crippen molar-refractivity contribution in [3.8, 4) is 5.75 Å². The zero-order valence-corrected chi connectivity index (χ0v) is 13.6. The Kier molecular flexibility index (Phi) is 4.25. The second-order valence-electron chi connectivity index (χ2n) is 6.10. The van der Waals surface area contributed by atoms with E-state index in [0.717, 1.165) is 22.4 Å². The molecule has 24 heavy (non-hydrogen) atoms. The molecule has 0 saturated heterocycles. The van der Waals surface area contributed by atoms with Crippen LogP contribution in [0.4, 0.5) is 5.69 Å². The number of carbonyl (C=O) groups is 2. The number of aliphatic carboxylic acids is 1. The number of aryl methyl sites for hydroxylation is 2. The predicted molar refractivity (Wildman–Crippen MR) is 90.6 cm³/mol. The molecule has 2 N–H and O–H groups in total. The van der Waals surface area contributed by atoms with Crippen molar-refractivity contribution in [1.29, 1.82) is 0 Å². The highest BCUT2D eigenvalue weighted by atomic mass is 16.5. The number of nitrogens with one attached hydrogen (secondary N) is 1. The Balaban J connectivity index is 1.78. The summed E-state index contributed by atoms with van der Waals surface area (Å²) in [6.45, 7) is 4.34. The molecule has 0 fully saturated rings. The number of carboxylic acids is 1. The van der Waals surface area contributed by atoms with Crippen molar-refractivity contribution in [2.45, 2.75) is 26.2 Å². The summed E-state index contributed by atoms with van der Waals surface area (Å²) in [4.78, 5) is 23.4. The first kappa shape index (κ1) is 16.1. The third-order valence-electron chi connectivity index (χ3n) is 4.27. The topological polar surface area (TPSA) is 75.6 Å². The van der Waals surface area contributed by atoms with Gasteiger partial charge in [-0.25, -0.2) is 0 Å². The van der Waals surface area contributed by atoms with E-state index in [9.17, 15) is 9.59 Å². The molecule has 1 heterocycles. The summed E-state index contributed by atoms with van der Waals surface area (Å²) in [6.07, 6.45) is -0.0719. The summed E-state index contributed by atoms with van der Waals surface area (Å²) < 4.78 is 5.64. The van der Waals surface area contributed by atoms with Gasteiger partial charge < -0.3 is 15.2 Å². The van der Waals surface area contributed by atoms with Gasteiger partial charge in [0, 0.05) is 11.3 Å². The van der Waals surface area contributed by atoms with Crippen LogP contribution in [0.5, 0.6) is 5.75 Å². The van der Waals surface area contributed by atoms with E-state index in [-0.39, 0.29) is 18.2 Å². The van der Waals surface area contributed by atoms with Gasteiger partial charge in [0.1, 0.15) is 18.3 Å². The van der Waals surface area contributed by atoms with E-state index in [0.29, 0.717) is 17.9 Å². The van der Waals surface area contributed by atoms with Crippen molar-refractivity contribution in [3.63, 3.8) is 0 Å².